The minimum atomic E-state index is 0.528. The molecule has 1 unspecified atom stereocenters. The summed E-state index contributed by atoms with van der Waals surface area (Å²) in [6.45, 7) is 5.40. The van der Waals surface area contributed by atoms with Gasteiger partial charge in [0.15, 0.2) is 0 Å². The number of hydrogen-bond donors (Lipinski definition) is 1. The highest BCUT2D eigenvalue weighted by Crippen LogP contribution is 2.41. The molecule has 1 fully saturated rings. The van der Waals surface area contributed by atoms with Crippen LogP contribution in [0, 0.1) is 12.8 Å². The van der Waals surface area contributed by atoms with E-state index in [1.54, 1.807) is 11.3 Å². The van der Waals surface area contributed by atoms with Crippen molar-refractivity contribution in [3.8, 4) is 0 Å². The van der Waals surface area contributed by atoms with Crippen molar-refractivity contribution < 1.29 is 0 Å². The second-order valence-electron chi connectivity index (χ2n) is 4.06. The molecule has 3 heteroatoms. The zero-order valence-electron chi connectivity index (χ0n) is 8.92. The smallest absolute Gasteiger partial charge is 0.0898 e. The van der Waals surface area contributed by atoms with Crippen LogP contribution in [0.2, 0.25) is 0 Å². The number of thiazole rings is 1. The first-order valence-electron chi connectivity index (χ1n) is 5.46. The normalized spacial score (nSPS) is 18.4. The third kappa shape index (κ3) is 2.34. The molecule has 0 amide bonds. The average Bonchev–Trinajstić information content (AvgIpc) is 2.91. The summed E-state index contributed by atoms with van der Waals surface area (Å²) in [6.07, 6.45) is 3.95. The second kappa shape index (κ2) is 4.41. The Balaban J connectivity index is 2.02. The van der Waals surface area contributed by atoms with E-state index in [9.17, 15) is 0 Å². The topological polar surface area (TPSA) is 24.9 Å². The van der Waals surface area contributed by atoms with Crippen molar-refractivity contribution in [3.63, 3.8) is 0 Å². The summed E-state index contributed by atoms with van der Waals surface area (Å²) >= 11 is 1.76. The van der Waals surface area contributed by atoms with Crippen LogP contribution in [0.15, 0.2) is 5.38 Å². The number of hydrogen-bond acceptors (Lipinski definition) is 3. The Morgan fingerprint density at radius 2 is 2.43 bits per heavy atom. The van der Waals surface area contributed by atoms with Crippen molar-refractivity contribution in [1.29, 1.82) is 0 Å². The Morgan fingerprint density at radius 3 is 2.93 bits per heavy atom. The molecule has 1 aliphatic carbocycles. The monoisotopic (exact) mass is 210 g/mol. The van der Waals surface area contributed by atoms with Crippen molar-refractivity contribution in [2.24, 2.45) is 5.92 Å². The Labute approximate surface area is 89.8 Å². The van der Waals surface area contributed by atoms with Gasteiger partial charge in [0.1, 0.15) is 0 Å². The molecule has 1 heterocycles. The quantitative estimate of drug-likeness (QED) is 0.808. The van der Waals surface area contributed by atoms with E-state index >= 15 is 0 Å². The lowest BCUT2D eigenvalue weighted by atomic mass is 10.1. The third-order valence-corrected chi connectivity index (χ3v) is 3.45. The molecule has 0 radical (unpaired) electrons. The molecule has 1 aliphatic rings. The standard InChI is InChI=1S/C11H18N2S/c1-3-6-12-11(9-4-5-9)10-7-14-8(2)13-10/h7,9,11-12H,3-6H2,1-2H3. The summed E-state index contributed by atoms with van der Waals surface area (Å²) in [5, 5.41) is 7.00. The molecule has 1 N–H and O–H groups in total. The lowest BCUT2D eigenvalue weighted by Crippen LogP contribution is -2.24. The maximum Gasteiger partial charge on any atom is 0.0898 e. The fourth-order valence-corrected chi connectivity index (χ4v) is 2.41. The molecule has 0 spiro atoms. The summed E-state index contributed by atoms with van der Waals surface area (Å²) in [5.74, 6) is 0.850. The number of aromatic nitrogens is 1. The molecule has 0 saturated heterocycles. The van der Waals surface area contributed by atoms with Crippen LogP contribution in [0.1, 0.15) is 42.9 Å². The summed E-state index contributed by atoms with van der Waals surface area (Å²) in [7, 11) is 0. The predicted octanol–water partition coefficient (Wildman–Crippen LogP) is 2.90. The minimum Gasteiger partial charge on any atom is -0.308 e. The van der Waals surface area contributed by atoms with Gasteiger partial charge in [-0.25, -0.2) is 4.98 Å². The predicted molar refractivity (Wildman–Crippen MR) is 60.6 cm³/mol. The van der Waals surface area contributed by atoms with Crippen molar-refractivity contribution in [3.05, 3.63) is 16.1 Å². The summed E-state index contributed by atoms with van der Waals surface area (Å²) < 4.78 is 0. The largest absolute Gasteiger partial charge is 0.308 e. The fourth-order valence-electron chi connectivity index (χ4n) is 1.77. The van der Waals surface area contributed by atoms with Gasteiger partial charge in [0.05, 0.1) is 16.7 Å². The first kappa shape index (κ1) is 10.1. The molecular weight excluding hydrogens is 192 g/mol. The summed E-state index contributed by atoms with van der Waals surface area (Å²) in [4.78, 5) is 4.58. The van der Waals surface area contributed by atoms with Crippen molar-refractivity contribution in [2.45, 2.75) is 39.2 Å². The van der Waals surface area contributed by atoms with Gasteiger partial charge in [0, 0.05) is 5.38 Å². The zero-order chi connectivity index (χ0) is 9.97. The summed E-state index contributed by atoms with van der Waals surface area (Å²) in [6, 6.07) is 0.528. The van der Waals surface area contributed by atoms with E-state index < -0.39 is 0 Å². The van der Waals surface area contributed by atoms with Crippen LogP contribution in [0.4, 0.5) is 0 Å². The van der Waals surface area contributed by atoms with Crippen molar-refractivity contribution in [2.75, 3.05) is 6.54 Å². The molecule has 1 saturated carbocycles. The van der Waals surface area contributed by atoms with Gasteiger partial charge in [-0.15, -0.1) is 11.3 Å². The molecule has 1 aromatic heterocycles. The Kier molecular flexibility index (Phi) is 3.19. The van der Waals surface area contributed by atoms with E-state index in [2.05, 4.69) is 29.5 Å². The Morgan fingerprint density at radius 1 is 1.64 bits per heavy atom. The Hall–Kier alpha value is -0.410. The van der Waals surface area contributed by atoms with Gasteiger partial charge in [-0.1, -0.05) is 6.92 Å². The maximum atomic E-state index is 4.58. The molecule has 2 rings (SSSR count). The number of nitrogens with one attached hydrogen (secondary N) is 1. The number of rotatable bonds is 5. The van der Waals surface area contributed by atoms with Gasteiger partial charge in [-0.3, -0.25) is 0 Å². The fraction of sp³-hybridized carbons (Fsp3) is 0.727. The van der Waals surface area contributed by atoms with Crippen molar-refractivity contribution in [1.82, 2.24) is 10.3 Å². The maximum absolute atomic E-state index is 4.58. The molecular formula is C11H18N2S. The summed E-state index contributed by atoms with van der Waals surface area (Å²) in [5.41, 5.74) is 1.27. The molecule has 0 bridgehead atoms. The molecule has 78 valence electrons. The van der Waals surface area contributed by atoms with Gasteiger partial charge in [-0.2, -0.15) is 0 Å². The highest BCUT2D eigenvalue weighted by Gasteiger charge is 2.32. The van der Waals surface area contributed by atoms with E-state index in [-0.39, 0.29) is 0 Å². The molecule has 1 atom stereocenters. The van der Waals surface area contributed by atoms with E-state index in [0.29, 0.717) is 6.04 Å². The number of nitrogens with zero attached hydrogens (tertiary/aromatic N) is 1. The molecule has 2 nitrogen and oxygen atoms in total. The lowest BCUT2D eigenvalue weighted by Gasteiger charge is -2.15. The minimum absolute atomic E-state index is 0.528. The first-order chi connectivity index (χ1) is 6.81. The van der Waals surface area contributed by atoms with Crippen LogP contribution in [0.5, 0.6) is 0 Å². The third-order valence-electron chi connectivity index (χ3n) is 2.66. The van der Waals surface area contributed by atoms with Crippen LogP contribution in [0.25, 0.3) is 0 Å². The van der Waals surface area contributed by atoms with Gasteiger partial charge >= 0.3 is 0 Å². The molecule has 0 aromatic carbocycles. The highest BCUT2D eigenvalue weighted by molar-refractivity contribution is 7.09. The van der Waals surface area contributed by atoms with Crippen LogP contribution in [0.3, 0.4) is 0 Å². The Bertz CT molecular complexity index is 291. The van der Waals surface area contributed by atoms with Crippen LogP contribution >= 0.6 is 11.3 Å². The average molecular weight is 210 g/mol. The molecule has 14 heavy (non-hydrogen) atoms. The molecule has 0 aliphatic heterocycles. The second-order valence-corrected chi connectivity index (χ2v) is 5.12. The van der Waals surface area contributed by atoms with E-state index in [4.69, 9.17) is 0 Å². The lowest BCUT2D eigenvalue weighted by molar-refractivity contribution is 0.472. The van der Waals surface area contributed by atoms with Crippen LogP contribution in [-0.4, -0.2) is 11.5 Å². The van der Waals surface area contributed by atoms with Crippen LogP contribution in [-0.2, 0) is 0 Å². The first-order valence-corrected chi connectivity index (χ1v) is 6.34. The zero-order valence-corrected chi connectivity index (χ0v) is 9.73. The van der Waals surface area contributed by atoms with E-state index in [1.165, 1.54) is 30.0 Å². The van der Waals surface area contributed by atoms with Gasteiger partial charge in [0.2, 0.25) is 0 Å². The van der Waals surface area contributed by atoms with E-state index in [1.807, 2.05) is 0 Å². The van der Waals surface area contributed by atoms with Gasteiger partial charge in [-0.05, 0) is 38.6 Å². The van der Waals surface area contributed by atoms with Gasteiger partial charge in [0.25, 0.3) is 0 Å². The van der Waals surface area contributed by atoms with Crippen LogP contribution < -0.4 is 5.32 Å². The SMILES string of the molecule is CCCNC(c1csc(C)n1)C1CC1. The highest BCUT2D eigenvalue weighted by atomic mass is 32.1. The molecule has 1 aromatic rings. The van der Waals surface area contributed by atoms with E-state index in [0.717, 1.165) is 12.5 Å². The number of aryl methyl sites for hydroxylation is 1. The van der Waals surface area contributed by atoms with Gasteiger partial charge < -0.3 is 5.32 Å². The van der Waals surface area contributed by atoms with Crippen molar-refractivity contribution >= 4 is 11.3 Å².